The summed E-state index contributed by atoms with van der Waals surface area (Å²) < 4.78 is 18.9. The molecule has 0 saturated carbocycles. The molecule has 0 aliphatic heterocycles. The molecule has 4 aromatic rings. The zero-order valence-electron chi connectivity index (χ0n) is 15.0. The summed E-state index contributed by atoms with van der Waals surface area (Å²) in [6, 6.07) is 14.1. The number of H-pyrrole nitrogens is 1. The lowest BCUT2D eigenvalue weighted by Crippen LogP contribution is -2.00. The second kappa shape index (κ2) is 7.78. The maximum Gasteiger partial charge on any atom is 0.213 e. The number of hydrogen-bond acceptors (Lipinski definition) is 4. The van der Waals surface area contributed by atoms with E-state index in [1.54, 1.807) is 30.6 Å². The Morgan fingerprint density at radius 2 is 1.89 bits per heavy atom. The molecular weight excluding hydrogens is 379 g/mol. The molecule has 0 aliphatic carbocycles. The van der Waals surface area contributed by atoms with E-state index < -0.39 is 5.95 Å². The van der Waals surface area contributed by atoms with E-state index in [2.05, 4.69) is 19.9 Å². The highest BCUT2D eigenvalue weighted by molar-refractivity contribution is 6.29. The average Bonchev–Trinajstić information content (AvgIpc) is 3.18. The van der Waals surface area contributed by atoms with Crippen LogP contribution in [0.3, 0.4) is 0 Å². The summed E-state index contributed by atoms with van der Waals surface area (Å²) in [6.45, 7) is 2.16. The summed E-state index contributed by atoms with van der Waals surface area (Å²) >= 11 is 5.83. The largest absolute Gasteiger partial charge is 0.487 e. The predicted octanol–water partition coefficient (Wildman–Crippen LogP) is 5.21. The normalized spacial score (nSPS) is 10.8. The Morgan fingerprint density at radius 3 is 2.64 bits per heavy atom. The molecule has 0 fully saturated rings. The maximum atomic E-state index is 13.2. The SMILES string of the molecule is Cc1cc(-c2cnc(-c3ccc(Cl)nc3)[nH]2)ccc1OCc1cccc(F)n1. The molecule has 0 unspecified atom stereocenters. The molecule has 0 bridgehead atoms. The number of nitrogens with zero attached hydrogens (tertiary/aromatic N) is 3. The van der Waals surface area contributed by atoms with Crippen molar-refractivity contribution in [3.05, 3.63) is 83.3 Å². The smallest absolute Gasteiger partial charge is 0.213 e. The highest BCUT2D eigenvalue weighted by Gasteiger charge is 2.09. The van der Waals surface area contributed by atoms with Gasteiger partial charge in [0.15, 0.2) is 0 Å². The third kappa shape index (κ3) is 4.02. The quantitative estimate of drug-likeness (QED) is 0.472. The Hall–Kier alpha value is -3.25. The highest BCUT2D eigenvalue weighted by atomic mass is 35.5. The summed E-state index contributed by atoms with van der Waals surface area (Å²) in [5.41, 5.74) is 4.21. The molecule has 7 heteroatoms. The molecule has 0 radical (unpaired) electrons. The van der Waals surface area contributed by atoms with Crippen molar-refractivity contribution in [2.75, 3.05) is 0 Å². The minimum atomic E-state index is -0.515. The van der Waals surface area contributed by atoms with Gasteiger partial charge in [-0.2, -0.15) is 4.39 Å². The van der Waals surface area contributed by atoms with Crippen molar-refractivity contribution >= 4 is 11.6 Å². The minimum Gasteiger partial charge on any atom is -0.487 e. The van der Waals surface area contributed by atoms with Crippen LogP contribution in [0.5, 0.6) is 5.75 Å². The van der Waals surface area contributed by atoms with E-state index in [-0.39, 0.29) is 6.61 Å². The maximum absolute atomic E-state index is 13.2. The zero-order valence-corrected chi connectivity index (χ0v) is 15.7. The van der Waals surface area contributed by atoms with Crippen LogP contribution in [-0.4, -0.2) is 19.9 Å². The van der Waals surface area contributed by atoms with Gasteiger partial charge in [-0.25, -0.2) is 15.0 Å². The van der Waals surface area contributed by atoms with E-state index in [0.29, 0.717) is 16.7 Å². The molecule has 28 heavy (non-hydrogen) atoms. The number of imidazole rings is 1. The van der Waals surface area contributed by atoms with Gasteiger partial charge >= 0.3 is 0 Å². The second-order valence-corrected chi connectivity index (χ2v) is 6.62. The van der Waals surface area contributed by atoms with Crippen molar-refractivity contribution in [3.8, 4) is 28.4 Å². The minimum absolute atomic E-state index is 0.204. The number of aromatic nitrogens is 4. The summed E-state index contributed by atoms with van der Waals surface area (Å²) in [7, 11) is 0. The van der Waals surface area contributed by atoms with Crippen LogP contribution in [0, 0.1) is 12.9 Å². The molecule has 1 aromatic carbocycles. The van der Waals surface area contributed by atoms with Crippen molar-refractivity contribution in [1.29, 1.82) is 0 Å². The van der Waals surface area contributed by atoms with E-state index in [1.165, 1.54) is 6.07 Å². The third-order valence-corrected chi connectivity index (χ3v) is 4.43. The van der Waals surface area contributed by atoms with Crippen molar-refractivity contribution in [3.63, 3.8) is 0 Å². The van der Waals surface area contributed by atoms with Gasteiger partial charge < -0.3 is 9.72 Å². The Balaban J connectivity index is 1.50. The Kier molecular flexibility index (Phi) is 5.04. The number of aryl methyl sites for hydroxylation is 1. The molecule has 5 nitrogen and oxygen atoms in total. The van der Waals surface area contributed by atoms with Gasteiger partial charge in [0, 0.05) is 17.3 Å². The molecule has 0 amide bonds. The van der Waals surface area contributed by atoms with Crippen molar-refractivity contribution in [1.82, 2.24) is 19.9 Å². The topological polar surface area (TPSA) is 63.7 Å². The van der Waals surface area contributed by atoms with Gasteiger partial charge in [-0.3, -0.25) is 0 Å². The molecule has 0 spiro atoms. The number of nitrogens with one attached hydrogen (secondary N) is 1. The number of ether oxygens (including phenoxy) is 1. The fourth-order valence-corrected chi connectivity index (χ4v) is 2.90. The first-order chi connectivity index (χ1) is 13.6. The van der Waals surface area contributed by atoms with E-state index in [4.69, 9.17) is 16.3 Å². The van der Waals surface area contributed by atoms with Gasteiger partial charge in [0.1, 0.15) is 23.3 Å². The molecule has 140 valence electrons. The first-order valence-corrected chi connectivity index (χ1v) is 8.98. The van der Waals surface area contributed by atoms with Crippen molar-refractivity contribution < 1.29 is 9.13 Å². The van der Waals surface area contributed by atoms with Crippen LogP contribution in [0.1, 0.15) is 11.3 Å². The van der Waals surface area contributed by atoms with Crippen LogP contribution in [0.25, 0.3) is 22.6 Å². The van der Waals surface area contributed by atoms with Gasteiger partial charge in [0.25, 0.3) is 0 Å². The summed E-state index contributed by atoms with van der Waals surface area (Å²) in [4.78, 5) is 15.6. The molecule has 0 aliphatic rings. The fraction of sp³-hybridized carbons (Fsp3) is 0.0952. The number of hydrogen-bond donors (Lipinski definition) is 1. The Morgan fingerprint density at radius 1 is 1.04 bits per heavy atom. The summed E-state index contributed by atoms with van der Waals surface area (Å²) in [6.07, 6.45) is 3.45. The number of halogens is 2. The zero-order chi connectivity index (χ0) is 19.5. The van der Waals surface area contributed by atoms with Crippen LogP contribution >= 0.6 is 11.6 Å². The summed E-state index contributed by atoms with van der Waals surface area (Å²) in [5.74, 6) is 0.921. The van der Waals surface area contributed by atoms with Crippen molar-refractivity contribution in [2.45, 2.75) is 13.5 Å². The lowest BCUT2D eigenvalue weighted by atomic mass is 10.1. The van der Waals surface area contributed by atoms with Crippen molar-refractivity contribution in [2.24, 2.45) is 0 Å². The standard InChI is InChI=1S/C21H16ClFN4O/c1-13-9-14(5-7-18(13)28-12-16-3-2-4-20(23)26-16)17-11-25-21(27-17)15-6-8-19(22)24-10-15/h2-11H,12H2,1H3,(H,25,27). The Labute approximate surface area is 166 Å². The lowest BCUT2D eigenvalue weighted by molar-refractivity contribution is 0.297. The van der Waals surface area contributed by atoms with Crippen LogP contribution in [0.4, 0.5) is 4.39 Å². The first-order valence-electron chi connectivity index (χ1n) is 8.61. The molecule has 3 aromatic heterocycles. The van der Waals surface area contributed by atoms with Gasteiger partial charge in [-0.1, -0.05) is 17.7 Å². The monoisotopic (exact) mass is 394 g/mol. The van der Waals surface area contributed by atoms with Gasteiger partial charge in [-0.15, -0.1) is 0 Å². The van der Waals surface area contributed by atoms with E-state index in [9.17, 15) is 4.39 Å². The first kappa shape index (κ1) is 18.1. The summed E-state index contributed by atoms with van der Waals surface area (Å²) in [5, 5.41) is 0.440. The molecule has 4 rings (SSSR count). The van der Waals surface area contributed by atoms with Gasteiger partial charge in [0.05, 0.1) is 17.6 Å². The third-order valence-electron chi connectivity index (χ3n) is 4.21. The molecule has 0 atom stereocenters. The van der Waals surface area contributed by atoms with Crippen LogP contribution in [0.2, 0.25) is 5.15 Å². The number of benzene rings is 1. The molecule has 1 N–H and O–H groups in total. The van der Waals surface area contributed by atoms with Crippen LogP contribution in [0.15, 0.2) is 60.9 Å². The fourth-order valence-electron chi connectivity index (χ4n) is 2.79. The van der Waals surface area contributed by atoms with E-state index in [0.717, 1.165) is 28.1 Å². The lowest BCUT2D eigenvalue weighted by Gasteiger charge is -2.10. The van der Waals surface area contributed by atoms with Crippen LogP contribution < -0.4 is 4.74 Å². The number of rotatable bonds is 5. The molecule has 3 heterocycles. The number of pyridine rings is 2. The molecule has 0 saturated heterocycles. The van der Waals surface area contributed by atoms with E-state index in [1.807, 2.05) is 31.2 Å². The van der Waals surface area contributed by atoms with E-state index >= 15 is 0 Å². The molecular formula is C21H16ClFN4O. The average molecular weight is 395 g/mol. The Bertz CT molecular complexity index is 1110. The van der Waals surface area contributed by atoms with Gasteiger partial charge in [0.2, 0.25) is 5.95 Å². The highest BCUT2D eigenvalue weighted by Crippen LogP contribution is 2.27. The van der Waals surface area contributed by atoms with Crippen LogP contribution in [-0.2, 0) is 6.61 Å². The second-order valence-electron chi connectivity index (χ2n) is 6.24. The number of aromatic amines is 1. The van der Waals surface area contributed by atoms with Gasteiger partial charge in [-0.05, 0) is 55.0 Å². The predicted molar refractivity (Wildman–Crippen MR) is 106 cm³/mol.